The van der Waals surface area contributed by atoms with Crippen LogP contribution in [0, 0.1) is 26.2 Å². The molecule has 0 bridgehead atoms. The van der Waals surface area contributed by atoms with E-state index in [2.05, 4.69) is 52.6 Å². The van der Waals surface area contributed by atoms with Crippen LogP contribution in [0.15, 0.2) is 48.8 Å². The number of nitrogens with two attached hydrogens (primary N) is 2. The zero-order chi connectivity index (χ0) is 43.4. The summed E-state index contributed by atoms with van der Waals surface area (Å²) in [6.07, 6.45) is 5.51. The number of piperidine rings is 2. The number of nitrogens with zero attached hydrogens (tertiary/aromatic N) is 8. The SMILES string of the molecule is COc1cc(F)ccc1-c1cnc2sc(N3CCC(CO)(C(N)=O)CC3)nn12.COc1cc(F)ccc1B(O)O.NC(=O)C1(CO)CCN(c2nn3c(I)cnc3s2)CC1. The fraction of sp³-hybridized carbons (Fsp3) is 0.389. The lowest BCUT2D eigenvalue weighted by Gasteiger charge is -2.38. The van der Waals surface area contributed by atoms with Gasteiger partial charge in [0.05, 0.1) is 56.4 Å². The zero-order valence-corrected chi connectivity index (χ0v) is 36.2. The summed E-state index contributed by atoms with van der Waals surface area (Å²) >= 11 is 5.14. The van der Waals surface area contributed by atoms with E-state index in [4.69, 9.17) is 31.0 Å². The second kappa shape index (κ2) is 18.9. The lowest BCUT2D eigenvalue weighted by Crippen LogP contribution is -2.49. The highest BCUT2D eigenvalue weighted by Crippen LogP contribution is 2.38. The van der Waals surface area contributed by atoms with E-state index < -0.39 is 35.6 Å². The number of anilines is 2. The summed E-state index contributed by atoms with van der Waals surface area (Å²) in [5, 5.41) is 47.4. The molecule has 6 heterocycles. The minimum absolute atomic E-state index is 0.130. The molecule has 2 aliphatic heterocycles. The van der Waals surface area contributed by atoms with E-state index in [0.29, 0.717) is 73.8 Å². The van der Waals surface area contributed by atoms with E-state index in [1.54, 1.807) is 23.0 Å². The molecule has 6 aromatic rings. The lowest BCUT2D eigenvalue weighted by molar-refractivity contribution is -0.132. The third-order valence-electron chi connectivity index (χ3n) is 10.7. The average molecular weight is 983 g/mol. The Kier molecular flexibility index (Phi) is 14.1. The zero-order valence-electron chi connectivity index (χ0n) is 32.4. The number of amides is 2. The van der Waals surface area contributed by atoms with Crippen LogP contribution in [-0.4, -0.2) is 122 Å². The molecule has 2 saturated heterocycles. The van der Waals surface area contributed by atoms with Gasteiger partial charge in [0.15, 0.2) is 0 Å². The van der Waals surface area contributed by atoms with Gasteiger partial charge in [0, 0.05) is 49.3 Å². The second-order valence-electron chi connectivity index (χ2n) is 14.1. The topological polar surface area (TPSA) is 252 Å². The van der Waals surface area contributed by atoms with Gasteiger partial charge in [0.25, 0.3) is 0 Å². The van der Waals surface area contributed by atoms with Crippen LogP contribution < -0.4 is 36.2 Å². The van der Waals surface area contributed by atoms with Crippen molar-refractivity contribution in [2.24, 2.45) is 22.3 Å². The predicted octanol–water partition coefficient (Wildman–Crippen LogP) is 1.64. The van der Waals surface area contributed by atoms with Crippen LogP contribution in [0.1, 0.15) is 25.7 Å². The Labute approximate surface area is 363 Å². The third kappa shape index (κ3) is 9.28. The monoisotopic (exact) mass is 982 g/mol. The van der Waals surface area contributed by atoms with Crippen LogP contribution in [0.5, 0.6) is 11.5 Å². The number of fused-ring (bicyclic) bond motifs is 2. The molecule has 0 aliphatic carbocycles. The number of hydrogen-bond donors (Lipinski definition) is 6. The van der Waals surface area contributed by atoms with Gasteiger partial charge in [-0.1, -0.05) is 28.7 Å². The predicted molar refractivity (Wildman–Crippen MR) is 229 cm³/mol. The van der Waals surface area contributed by atoms with Crippen LogP contribution in [-0.2, 0) is 9.59 Å². The van der Waals surface area contributed by atoms with Gasteiger partial charge in [-0.05, 0) is 66.5 Å². The first-order valence-electron chi connectivity index (χ1n) is 18.4. The number of methoxy groups -OCH3 is 2. The van der Waals surface area contributed by atoms with Crippen molar-refractivity contribution in [1.82, 2.24) is 29.2 Å². The summed E-state index contributed by atoms with van der Waals surface area (Å²) < 4.78 is 40.6. The lowest BCUT2D eigenvalue weighted by atomic mass is 9.78. The number of hydrogen-bond acceptors (Lipinski definition) is 16. The first-order valence-corrected chi connectivity index (χ1v) is 21.1. The highest BCUT2D eigenvalue weighted by Gasteiger charge is 2.41. The average Bonchev–Trinajstić information content (AvgIpc) is 4.04. The van der Waals surface area contributed by atoms with Gasteiger partial charge in [-0.15, -0.1) is 10.2 Å². The van der Waals surface area contributed by atoms with Crippen molar-refractivity contribution in [1.29, 1.82) is 0 Å². The maximum Gasteiger partial charge on any atom is 0.492 e. The van der Waals surface area contributed by atoms with E-state index in [9.17, 15) is 28.6 Å². The fourth-order valence-electron chi connectivity index (χ4n) is 6.77. The van der Waals surface area contributed by atoms with Gasteiger partial charge in [-0.25, -0.2) is 23.3 Å². The Morgan fingerprint density at radius 3 is 1.72 bits per heavy atom. The molecule has 0 unspecified atom stereocenters. The summed E-state index contributed by atoms with van der Waals surface area (Å²) in [4.78, 5) is 37.6. The molecule has 0 atom stereocenters. The molecular weight excluding hydrogens is 940 g/mol. The van der Waals surface area contributed by atoms with E-state index >= 15 is 0 Å². The van der Waals surface area contributed by atoms with Gasteiger partial charge >= 0.3 is 7.12 Å². The normalized spacial score (nSPS) is 15.8. The van der Waals surface area contributed by atoms with Crippen molar-refractivity contribution < 1.29 is 48.1 Å². The van der Waals surface area contributed by atoms with Gasteiger partial charge < -0.3 is 51.0 Å². The number of ether oxygens (including phenoxy) is 2. The number of halogens is 3. The number of carbonyl (C=O) groups is 2. The molecule has 0 saturated carbocycles. The molecule has 4 aromatic heterocycles. The molecule has 24 heteroatoms. The molecule has 8 rings (SSSR count). The van der Waals surface area contributed by atoms with Crippen LogP contribution in [0.4, 0.5) is 19.0 Å². The summed E-state index contributed by atoms with van der Waals surface area (Å²) in [6, 6.07) is 7.82. The van der Waals surface area contributed by atoms with Crippen LogP contribution in [0.25, 0.3) is 21.2 Å². The number of carbonyl (C=O) groups excluding carboxylic acids is 2. The van der Waals surface area contributed by atoms with Crippen molar-refractivity contribution >= 4 is 89.8 Å². The molecule has 2 fully saturated rings. The number of rotatable bonds is 10. The van der Waals surface area contributed by atoms with Gasteiger partial charge in [0.1, 0.15) is 26.8 Å². The van der Waals surface area contributed by atoms with Crippen molar-refractivity contribution in [2.45, 2.75) is 25.7 Å². The van der Waals surface area contributed by atoms with Crippen molar-refractivity contribution in [3.63, 3.8) is 0 Å². The molecule has 2 aromatic carbocycles. The summed E-state index contributed by atoms with van der Waals surface area (Å²) in [7, 11) is 1.18. The molecule has 2 aliphatic rings. The highest BCUT2D eigenvalue weighted by molar-refractivity contribution is 14.1. The Hall–Kier alpha value is -4.73. The van der Waals surface area contributed by atoms with E-state index in [1.165, 1.54) is 55.1 Å². The smallest absolute Gasteiger partial charge is 0.492 e. The van der Waals surface area contributed by atoms with Crippen LogP contribution in [0.2, 0.25) is 0 Å². The maximum atomic E-state index is 13.5. The van der Waals surface area contributed by atoms with E-state index in [-0.39, 0.29) is 30.2 Å². The largest absolute Gasteiger partial charge is 0.497 e. The minimum atomic E-state index is -1.64. The maximum absolute atomic E-state index is 13.5. The second-order valence-corrected chi connectivity index (χ2v) is 17.0. The number of aliphatic hydroxyl groups is 2. The number of primary amides is 2. The van der Waals surface area contributed by atoms with Crippen LogP contribution >= 0.6 is 45.3 Å². The van der Waals surface area contributed by atoms with Crippen molar-refractivity contribution in [3.8, 4) is 22.8 Å². The van der Waals surface area contributed by atoms with Gasteiger partial charge in [-0.2, -0.15) is 4.52 Å². The molecular formula is C36H42BF2IN10O8S2. The van der Waals surface area contributed by atoms with Crippen molar-refractivity contribution in [2.75, 3.05) is 63.4 Å². The highest BCUT2D eigenvalue weighted by atomic mass is 127. The number of aliphatic hydroxyl groups excluding tert-OH is 2. The molecule has 60 heavy (non-hydrogen) atoms. The molecule has 2 amide bonds. The molecule has 0 spiro atoms. The summed E-state index contributed by atoms with van der Waals surface area (Å²) in [6.45, 7) is 2.03. The first-order chi connectivity index (χ1) is 28.7. The Balaban J connectivity index is 0.000000164. The van der Waals surface area contributed by atoms with Crippen LogP contribution in [0.3, 0.4) is 0 Å². The van der Waals surface area contributed by atoms with Gasteiger partial charge in [-0.3, -0.25) is 9.59 Å². The Morgan fingerprint density at radius 1 is 0.783 bits per heavy atom. The number of benzene rings is 2. The minimum Gasteiger partial charge on any atom is -0.497 e. The van der Waals surface area contributed by atoms with Gasteiger partial charge in [0.2, 0.25) is 32.0 Å². The summed E-state index contributed by atoms with van der Waals surface area (Å²) in [5.74, 6) is -1.20. The van der Waals surface area contributed by atoms with Crippen molar-refractivity contribution in [3.05, 3.63) is 64.1 Å². The molecule has 8 N–H and O–H groups in total. The molecule has 18 nitrogen and oxygen atoms in total. The first kappa shape index (κ1) is 44.8. The van der Waals surface area contributed by atoms with E-state index in [1.807, 2.05) is 4.52 Å². The Bertz CT molecular complexity index is 2450. The molecule has 320 valence electrons. The number of aromatic nitrogens is 6. The standard InChI is InChI=1S/C18H20FN5O3S.C11H14IN5O2S.C7H8BFO3/c1-27-14-8-11(19)2-3-12(14)13-9-21-16-24(13)22-17(28-16)23-6-4-18(10-25,5-7-23)15(20)26;12-7-5-14-9-17(7)15-10(20-9)16-3-1-11(6-18,2-4-16)8(13)19;1-12-7-4-5(9)2-3-6(7)8(10)11/h2-3,8-9,25H,4-7,10H2,1H3,(H2,20,26);5,18H,1-4,6H2,(H2,13,19);2-4,10-11H,1H3. The summed E-state index contributed by atoms with van der Waals surface area (Å²) in [5.41, 5.74) is 10.8. The third-order valence-corrected chi connectivity index (χ3v) is 13.4. The number of imidazole rings is 2. The Morgan fingerprint density at radius 2 is 1.25 bits per heavy atom. The fourth-order valence-corrected chi connectivity index (χ4v) is 9.27. The molecule has 0 radical (unpaired) electrons. The quantitative estimate of drug-likeness (QED) is 0.0844. The van der Waals surface area contributed by atoms with E-state index in [0.717, 1.165) is 31.1 Å².